The van der Waals surface area contributed by atoms with Crippen molar-refractivity contribution in [1.29, 1.82) is 0 Å². The topological polar surface area (TPSA) is 35.2 Å². The van der Waals surface area contributed by atoms with Gasteiger partial charge in [0, 0.05) is 24.3 Å². The zero-order valence-corrected chi connectivity index (χ0v) is 8.25. The van der Waals surface area contributed by atoms with Crippen LogP contribution in [0, 0.1) is 11.6 Å². The number of halogens is 2. The highest BCUT2D eigenvalue weighted by atomic mass is 19.1. The summed E-state index contributed by atoms with van der Waals surface area (Å²) < 4.78 is 31.5. The Bertz CT molecular complexity index is 356. The summed E-state index contributed by atoms with van der Waals surface area (Å²) in [5.41, 5.74) is 6.16. The predicted octanol–water partition coefficient (Wildman–Crippen LogP) is 2.14. The van der Waals surface area contributed by atoms with E-state index in [1.807, 2.05) is 0 Å². The molecule has 0 saturated carbocycles. The van der Waals surface area contributed by atoms with E-state index in [1.54, 1.807) is 0 Å². The lowest BCUT2D eigenvalue weighted by molar-refractivity contribution is 0.00462. The van der Waals surface area contributed by atoms with Crippen LogP contribution in [0.1, 0.15) is 24.5 Å². The van der Waals surface area contributed by atoms with Gasteiger partial charge in [-0.15, -0.1) is 0 Å². The molecule has 0 bridgehead atoms. The third-order valence-corrected chi connectivity index (χ3v) is 2.63. The van der Waals surface area contributed by atoms with Crippen molar-refractivity contribution in [2.75, 3.05) is 6.61 Å². The summed E-state index contributed by atoms with van der Waals surface area (Å²) in [6, 6.07) is 3.57. The van der Waals surface area contributed by atoms with Crippen molar-refractivity contribution in [3.63, 3.8) is 0 Å². The standard InChI is InChI=1S/C11H13F2NO/c12-7-1-2-9(10(13)5-7)11-6-8(14)3-4-15-11/h1-2,5,8,11H,3-4,6,14H2. The summed E-state index contributed by atoms with van der Waals surface area (Å²) in [6.07, 6.45) is 1.04. The Labute approximate surface area is 87.0 Å². The van der Waals surface area contributed by atoms with Gasteiger partial charge in [-0.2, -0.15) is 0 Å². The number of benzene rings is 1. The summed E-state index contributed by atoms with van der Waals surface area (Å²) in [7, 11) is 0. The molecule has 1 aliphatic heterocycles. The highest BCUT2D eigenvalue weighted by Crippen LogP contribution is 2.29. The molecular weight excluding hydrogens is 200 g/mol. The summed E-state index contributed by atoms with van der Waals surface area (Å²) in [6.45, 7) is 0.530. The lowest BCUT2D eigenvalue weighted by Gasteiger charge is -2.27. The second-order valence-corrected chi connectivity index (χ2v) is 3.81. The van der Waals surface area contributed by atoms with Gasteiger partial charge >= 0.3 is 0 Å². The molecule has 0 aromatic heterocycles. The van der Waals surface area contributed by atoms with Crippen LogP contribution in [0.15, 0.2) is 18.2 Å². The zero-order valence-electron chi connectivity index (χ0n) is 8.25. The highest BCUT2D eigenvalue weighted by molar-refractivity contribution is 5.21. The number of hydrogen-bond donors (Lipinski definition) is 1. The van der Waals surface area contributed by atoms with Gasteiger partial charge in [0.1, 0.15) is 11.6 Å². The fourth-order valence-corrected chi connectivity index (χ4v) is 1.80. The molecule has 1 aromatic rings. The van der Waals surface area contributed by atoms with E-state index in [2.05, 4.69) is 0 Å². The van der Waals surface area contributed by atoms with Gasteiger partial charge in [-0.1, -0.05) is 6.07 Å². The molecule has 0 amide bonds. The van der Waals surface area contributed by atoms with Crippen molar-refractivity contribution in [1.82, 2.24) is 0 Å². The smallest absolute Gasteiger partial charge is 0.131 e. The van der Waals surface area contributed by atoms with Gasteiger partial charge in [-0.25, -0.2) is 8.78 Å². The van der Waals surface area contributed by atoms with Crippen LogP contribution in [0.25, 0.3) is 0 Å². The molecule has 2 unspecified atom stereocenters. The van der Waals surface area contributed by atoms with Gasteiger partial charge in [0.2, 0.25) is 0 Å². The number of hydrogen-bond acceptors (Lipinski definition) is 2. The van der Waals surface area contributed by atoms with Crippen molar-refractivity contribution in [2.45, 2.75) is 25.0 Å². The maximum absolute atomic E-state index is 13.4. The number of nitrogens with two attached hydrogens (primary N) is 1. The molecule has 2 rings (SSSR count). The first-order valence-corrected chi connectivity index (χ1v) is 4.99. The van der Waals surface area contributed by atoms with Crippen molar-refractivity contribution in [2.24, 2.45) is 5.73 Å². The predicted molar refractivity (Wildman–Crippen MR) is 52.3 cm³/mol. The van der Waals surface area contributed by atoms with E-state index < -0.39 is 11.6 Å². The zero-order chi connectivity index (χ0) is 10.8. The van der Waals surface area contributed by atoms with E-state index >= 15 is 0 Å². The van der Waals surface area contributed by atoms with E-state index in [1.165, 1.54) is 12.1 Å². The average Bonchev–Trinajstić information content (AvgIpc) is 2.17. The van der Waals surface area contributed by atoms with E-state index in [0.717, 1.165) is 12.5 Å². The maximum atomic E-state index is 13.4. The van der Waals surface area contributed by atoms with Gasteiger partial charge in [0.05, 0.1) is 6.10 Å². The normalized spacial score (nSPS) is 26.6. The summed E-state index contributed by atoms with van der Waals surface area (Å²) in [5, 5.41) is 0. The number of ether oxygens (including phenoxy) is 1. The Morgan fingerprint density at radius 1 is 1.33 bits per heavy atom. The molecule has 1 heterocycles. The van der Waals surface area contributed by atoms with Crippen LogP contribution in [0.3, 0.4) is 0 Å². The number of rotatable bonds is 1. The highest BCUT2D eigenvalue weighted by Gasteiger charge is 2.23. The second-order valence-electron chi connectivity index (χ2n) is 3.81. The van der Waals surface area contributed by atoms with E-state index in [0.29, 0.717) is 18.6 Å². The van der Waals surface area contributed by atoms with Crippen LogP contribution in [0.4, 0.5) is 8.78 Å². The summed E-state index contributed by atoms with van der Waals surface area (Å²) >= 11 is 0. The largest absolute Gasteiger partial charge is 0.373 e. The lowest BCUT2D eigenvalue weighted by atomic mass is 9.98. The third kappa shape index (κ3) is 2.33. The molecule has 0 spiro atoms. The quantitative estimate of drug-likeness (QED) is 0.775. The van der Waals surface area contributed by atoms with Gasteiger partial charge in [-0.3, -0.25) is 0 Å². The molecule has 82 valence electrons. The Morgan fingerprint density at radius 2 is 2.13 bits per heavy atom. The van der Waals surface area contributed by atoms with Crippen LogP contribution < -0.4 is 5.73 Å². The fraction of sp³-hybridized carbons (Fsp3) is 0.455. The Balaban J connectivity index is 2.21. The molecule has 15 heavy (non-hydrogen) atoms. The monoisotopic (exact) mass is 213 g/mol. The molecule has 2 nitrogen and oxygen atoms in total. The second kappa shape index (κ2) is 4.24. The molecular formula is C11H13F2NO. The first-order chi connectivity index (χ1) is 7.16. The molecule has 4 heteroatoms. The van der Waals surface area contributed by atoms with Crippen LogP contribution in [-0.4, -0.2) is 12.6 Å². The Kier molecular flexibility index (Phi) is 2.98. The van der Waals surface area contributed by atoms with E-state index in [-0.39, 0.29) is 12.1 Å². The van der Waals surface area contributed by atoms with Gasteiger partial charge < -0.3 is 10.5 Å². The SMILES string of the molecule is NC1CCOC(c2ccc(F)cc2F)C1. The lowest BCUT2D eigenvalue weighted by Crippen LogP contribution is -2.30. The Morgan fingerprint density at radius 3 is 2.80 bits per heavy atom. The van der Waals surface area contributed by atoms with Crippen molar-refractivity contribution in [3.8, 4) is 0 Å². The van der Waals surface area contributed by atoms with Crippen LogP contribution in [-0.2, 0) is 4.74 Å². The maximum Gasteiger partial charge on any atom is 0.131 e. The molecule has 2 N–H and O–H groups in total. The third-order valence-electron chi connectivity index (χ3n) is 2.63. The fourth-order valence-electron chi connectivity index (χ4n) is 1.80. The molecule has 1 saturated heterocycles. The van der Waals surface area contributed by atoms with Gasteiger partial charge in [-0.05, 0) is 18.9 Å². The summed E-state index contributed by atoms with van der Waals surface area (Å²) in [4.78, 5) is 0. The van der Waals surface area contributed by atoms with Crippen LogP contribution in [0.5, 0.6) is 0 Å². The first kappa shape index (κ1) is 10.5. The molecule has 0 aliphatic carbocycles. The van der Waals surface area contributed by atoms with Crippen molar-refractivity contribution in [3.05, 3.63) is 35.4 Å². The van der Waals surface area contributed by atoms with E-state index in [4.69, 9.17) is 10.5 Å². The average molecular weight is 213 g/mol. The van der Waals surface area contributed by atoms with E-state index in [9.17, 15) is 8.78 Å². The molecule has 1 fully saturated rings. The summed E-state index contributed by atoms with van der Waals surface area (Å²) in [5.74, 6) is -1.13. The Hall–Kier alpha value is -1.00. The van der Waals surface area contributed by atoms with Crippen LogP contribution in [0.2, 0.25) is 0 Å². The van der Waals surface area contributed by atoms with Gasteiger partial charge in [0.25, 0.3) is 0 Å². The van der Waals surface area contributed by atoms with Crippen molar-refractivity contribution < 1.29 is 13.5 Å². The molecule has 0 radical (unpaired) electrons. The van der Waals surface area contributed by atoms with Gasteiger partial charge in [0.15, 0.2) is 0 Å². The molecule has 1 aliphatic rings. The van der Waals surface area contributed by atoms with Crippen molar-refractivity contribution >= 4 is 0 Å². The van der Waals surface area contributed by atoms with Crippen LogP contribution >= 0.6 is 0 Å². The minimum absolute atomic E-state index is 0.0354. The molecule has 2 atom stereocenters. The minimum atomic E-state index is -0.573. The first-order valence-electron chi connectivity index (χ1n) is 4.99. The minimum Gasteiger partial charge on any atom is -0.373 e. The molecule has 1 aromatic carbocycles.